The Kier molecular flexibility index (Phi) is 4.91. The Labute approximate surface area is 172 Å². The summed E-state index contributed by atoms with van der Waals surface area (Å²) in [6.45, 7) is 0. The van der Waals surface area contributed by atoms with Gasteiger partial charge in [-0.25, -0.2) is 4.98 Å². The van der Waals surface area contributed by atoms with Crippen LogP contribution in [0.1, 0.15) is 45.2 Å². The minimum atomic E-state index is -0.197. The van der Waals surface area contributed by atoms with E-state index in [-0.39, 0.29) is 5.91 Å². The molecule has 0 unspecified atom stereocenters. The molecule has 1 aliphatic heterocycles. The number of hydrogen-bond acceptors (Lipinski definition) is 5. The average molecular weight is 409 g/mol. The molecule has 1 N–H and O–H groups in total. The van der Waals surface area contributed by atoms with Crippen molar-refractivity contribution in [2.75, 3.05) is 16.8 Å². The van der Waals surface area contributed by atoms with E-state index in [2.05, 4.69) is 22.4 Å². The van der Waals surface area contributed by atoms with Crippen molar-refractivity contribution >= 4 is 35.1 Å². The molecule has 1 saturated heterocycles. The van der Waals surface area contributed by atoms with Crippen molar-refractivity contribution in [1.29, 1.82) is 0 Å². The summed E-state index contributed by atoms with van der Waals surface area (Å²) < 4.78 is 6.46. The van der Waals surface area contributed by atoms with Crippen LogP contribution in [0.4, 0.5) is 5.69 Å². The number of nitrogens with zero attached hydrogens (tertiary/aromatic N) is 1. The van der Waals surface area contributed by atoms with Gasteiger partial charge in [0, 0.05) is 28.7 Å². The van der Waals surface area contributed by atoms with Gasteiger partial charge in [-0.3, -0.25) is 4.79 Å². The summed E-state index contributed by atoms with van der Waals surface area (Å²) in [6.07, 6.45) is 2.10. The molecule has 2 fully saturated rings. The molecule has 1 amide bonds. The zero-order chi connectivity index (χ0) is 18.9. The standard InChI is InChI=1S/C22H20N2O2S2/c25-20(23-17-8-4-7-16(13-17)22-27-11-12-28-22)18-19(14-9-10-14)26-21(24-18)15-5-2-1-3-6-15/h1-8,13-14,22H,9-12H2,(H,23,25). The first kappa shape index (κ1) is 17.9. The Morgan fingerprint density at radius 1 is 1.04 bits per heavy atom. The smallest absolute Gasteiger partial charge is 0.277 e. The van der Waals surface area contributed by atoms with Crippen LogP contribution in [0.5, 0.6) is 0 Å². The molecule has 142 valence electrons. The number of nitrogens with one attached hydrogen (secondary N) is 1. The first-order chi connectivity index (χ1) is 13.8. The Bertz CT molecular complexity index is 993. The van der Waals surface area contributed by atoms with Crippen molar-refractivity contribution in [3.05, 3.63) is 71.6 Å². The number of rotatable bonds is 5. The predicted molar refractivity (Wildman–Crippen MR) is 116 cm³/mol. The lowest BCUT2D eigenvalue weighted by Crippen LogP contribution is -2.14. The molecule has 2 aliphatic rings. The molecule has 1 saturated carbocycles. The van der Waals surface area contributed by atoms with Crippen LogP contribution < -0.4 is 5.32 Å². The van der Waals surface area contributed by atoms with Gasteiger partial charge in [0.1, 0.15) is 5.76 Å². The Morgan fingerprint density at radius 2 is 1.82 bits per heavy atom. The average Bonchev–Trinajstić information content (AvgIpc) is 3.25. The van der Waals surface area contributed by atoms with Crippen LogP contribution in [-0.4, -0.2) is 22.4 Å². The maximum atomic E-state index is 13.0. The van der Waals surface area contributed by atoms with Crippen LogP contribution >= 0.6 is 23.5 Å². The van der Waals surface area contributed by atoms with E-state index in [9.17, 15) is 4.79 Å². The number of benzene rings is 2. The van der Waals surface area contributed by atoms with Gasteiger partial charge in [0.2, 0.25) is 5.89 Å². The maximum absolute atomic E-state index is 13.0. The molecule has 3 aromatic rings. The van der Waals surface area contributed by atoms with E-state index >= 15 is 0 Å². The number of aromatic nitrogens is 1. The number of carbonyl (C=O) groups excluding carboxylic acids is 1. The van der Waals surface area contributed by atoms with Crippen LogP contribution in [0.3, 0.4) is 0 Å². The van der Waals surface area contributed by atoms with Gasteiger partial charge >= 0.3 is 0 Å². The zero-order valence-electron chi connectivity index (χ0n) is 15.3. The summed E-state index contributed by atoms with van der Waals surface area (Å²) in [5, 5.41) is 3.03. The van der Waals surface area contributed by atoms with Crippen molar-refractivity contribution in [2.45, 2.75) is 23.3 Å². The van der Waals surface area contributed by atoms with Crippen LogP contribution in [0.2, 0.25) is 0 Å². The number of carbonyl (C=O) groups is 1. The molecule has 0 spiro atoms. The van der Waals surface area contributed by atoms with Gasteiger partial charge in [-0.1, -0.05) is 30.3 Å². The highest BCUT2D eigenvalue weighted by Crippen LogP contribution is 2.46. The first-order valence-electron chi connectivity index (χ1n) is 9.48. The highest BCUT2D eigenvalue weighted by Gasteiger charge is 2.34. The Hall–Kier alpha value is -2.18. The largest absolute Gasteiger partial charge is 0.440 e. The quantitative estimate of drug-likeness (QED) is 0.565. The van der Waals surface area contributed by atoms with Crippen LogP contribution in [0, 0.1) is 0 Å². The van der Waals surface area contributed by atoms with Crippen molar-refractivity contribution < 1.29 is 9.21 Å². The summed E-state index contributed by atoms with van der Waals surface area (Å²) in [4.78, 5) is 17.6. The molecule has 0 atom stereocenters. The summed E-state index contributed by atoms with van der Waals surface area (Å²) >= 11 is 3.92. The molecule has 2 aromatic carbocycles. The van der Waals surface area contributed by atoms with Crippen LogP contribution in [0.25, 0.3) is 11.5 Å². The lowest BCUT2D eigenvalue weighted by Gasteiger charge is -2.11. The fourth-order valence-electron chi connectivity index (χ4n) is 3.33. The number of amides is 1. The van der Waals surface area contributed by atoms with Crippen molar-refractivity contribution in [2.24, 2.45) is 0 Å². The molecule has 4 nitrogen and oxygen atoms in total. The summed E-state index contributed by atoms with van der Waals surface area (Å²) in [6, 6.07) is 17.9. The monoisotopic (exact) mass is 408 g/mol. The molecular formula is C22H20N2O2S2. The van der Waals surface area contributed by atoms with Crippen molar-refractivity contribution in [3.8, 4) is 11.5 Å². The molecule has 6 heteroatoms. The second-order valence-corrected chi connectivity index (χ2v) is 9.75. The van der Waals surface area contributed by atoms with Gasteiger partial charge in [0.05, 0.1) is 4.58 Å². The number of anilines is 1. The second kappa shape index (κ2) is 7.68. The molecule has 1 aliphatic carbocycles. The minimum Gasteiger partial charge on any atom is -0.440 e. The maximum Gasteiger partial charge on any atom is 0.277 e. The van der Waals surface area contributed by atoms with E-state index in [1.54, 1.807) is 0 Å². The van der Waals surface area contributed by atoms with Gasteiger partial charge in [-0.05, 0) is 42.7 Å². The third-order valence-electron chi connectivity index (χ3n) is 4.88. The van der Waals surface area contributed by atoms with Crippen LogP contribution in [0.15, 0.2) is 59.0 Å². The first-order valence-corrected chi connectivity index (χ1v) is 11.6. The minimum absolute atomic E-state index is 0.197. The predicted octanol–water partition coefficient (Wildman–Crippen LogP) is 5.95. The molecule has 1 aromatic heterocycles. The Morgan fingerprint density at radius 3 is 2.57 bits per heavy atom. The second-order valence-electron chi connectivity index (χ2n) is 7.03. The van der Waals surface area contributed by atoms with Crippen molar-refractivity contribution in [3.63, 3.8) is 0 Å². The highest BCUT2D eigenvalue weighted by atomic mass is 32.2. The van der Waals surface area contributed by atoms with E-state index in [1.165, 1.54) is 17.1 Å². The van der Waals surface area contributed by atoms with Crippen molar-refractivity contribution in [1.82, 2.24) is 4.98 Å². The number of hydrogen-bond donors (Lipinski definition) is 1. The summed E-state index contributed by atoms with van der Waals surface area (Å²) in [5.41, 5.74) is 3.36. The topological polar surface area (TPSA) is 55.1 Å². The highest BCUT2D eigenvalue weighted by molar-refractivity contribution is 8.19. The third-order valence-corrected chi connectivity index (χ3v) is 7.98. The van der Waals surface area contributed by atoms with E-state index in [4.69, 9.17) is 4.42 Å². The lowest BCUT2D eigenvalue weighted by atomic mass is 10.2. The lowest BCUT2D eigenvalue weighted by molar-refractivity contribution is 0.102. The van der Waals surface area contributed by atoms with E-state index in [1.807, 2.05) is 66.0 Å². The van der Waals surface area contributed by atoms with Gasteiger partial charge in [-0.15, -0.1) is 23.5 Å². The number of oxazole rings is 1. The SMILES string of the molecule is O=C(Nc1cccc(C2SCCS2)c1)c1nc(-c2ccccc2)oc1C1CC1. The normalized spacial score (nSPS) is 17.0. The molecule has 0 radical (unpaired) electrons. The molecule has 5 rings (SSSR count). The van der Waals surface area contributed by atoms with E-state index in [0.717, 1.165) is 29.9 Å². The number of thioether (sulfide) groups is 2. The summed E-state index contributed by atoms with van der Waals surface area (Å²) in [5.74, 6) is 3.70. The fourth-order valence-corrected chi connectivity index (χ4v) is 6.16. The molecule has 0 bridgehead atoms. The summed E-state index contributed by atoms with van der Waals surface area (Å²) in [7, 11) is 0. The van der Waals surface area contributed by atoms with E-state index in [0.29, 0.717) is 22.1 Å². The third kappa shape index (κ3) is 3.71. The van der Waals surface area contributed by atoms with Crippen LogP contribution in [-0.2, 0) is 0 Å². The van der Waals surface area contributed by atoms with Gasteiger partial charge < -0.3 is 9.73 Å². The molecule has 2 heterocycles. The molecular weight excluding hydrogens is 388 g/mol. The fraction of sp³-hybridized carbons (Fsp3) is 0.273. The Balaban J connectivity index is 1.41. The zero-order valence-corrected chi connectivity index (χ0v) is 16.9. The van der Waals surface area contributed by atoms with Gasteiger partial charge in [-0.2, -0.15) is 0 Å². The van der Waals surface area contributed by atoms with E-state index < -0.39 is 0 Å². The molecule has 28 heavy (non-hydrogen) atoms. The van der Waals surface area contributed by atoms with Gasteiger partial charge in [0.15, 0.2) is 5.69 Å². The van der Waals surface area contributed by atoms with Gasteiger partial charge in [0.25, 0.3) is 5.91 Å².